The standard InChI is InChI=1S/C14H14N4/c1-9-3-4-11(5-10(9)2)12-6-16-14-17-7-13(15)18(14)8-12/h3-8H,15H2,1-2H3. The van der Waals surface area contributed by atoms with Gasteiger partial charge in [-0.05, 0) is 30.5 Å². The number of nitrogens with two attached hydrogens (primary N) is 1. The van der Waals surface area contributed by atoms with Crippen LogP contribution < -0.4 is 5.73 Å². The third-order valence-corrected chi connectivity index (χ3v) is 3.23. The van der Waals surface area contributed by atoms with Gasteiger partial charge in [-0.3, -0.25) is 4.40 Å². The van der Waals surface area contributed by atoms with E-state index in [2.05, 4.69) is 42.0 Å². The maximum Gasteiger partial charge on any atom is 0.235 e. The van der Waals surface area contributed by atoms with E-state index < -0.39 is 0 Å². The molecule has 0 saturated heterocycles. The minimum absolute atomic E-state index is 0.600. The molecular formula is C14H14N4. The van der Waals surface area contributed by atoms with E-state index in [9.17, 15) is 0 Å². The van der Waals surface area contributed by atoms with E-state index in [1.165, 1.54) is 11.1 Å². The zero-order chi connectivity index (χ0) is 12.7. The van der Waals surface area contributed by atoms with Gasteiger partial charge in [0, 0.05) is 18.0 Å². The van der Waals surface area contributed by atoms with Gasteiger partial charge in [-0.2, -0.15) is 0 Å². The normalized spacial score (nSPS) is 11.0. The molecule has 4 heteroatoms. The van der Waals surface area contributed by atoms with E-state index in [1.807, 2.05) is 12.4 Å². The number of aromatic nitrogens is 3. The highest BCUT2D eigenvalue weighted by molar-refractivity contribution is 5.64. The van der Waals surface area contributed by atoms with Crippen LogP contribution in [-0.4, -0.2) is 14.4 Å². The molecule has 0 spiro atoms. The van der Waals surface area contributed by atoms with Crippen molar-refractivity contribution in [1.29, 1.82) is 0 Å². The lowest BCUT2D eigenvalue weighted by atomic mass is 10.0. The van der Waals surface area contributed by atoms with Crippen LogP contribution in [0.1, 0.15) is 11.1 Å². The van der Waals surface area contributed by atoms with E-state index in [0.717, 1.165) is 11.1 Å². The van der Waals surface area contributed by atoms with Crippen LogP contribution in [0.2, 0.25) is 0 Å². The number of benzene rings is 1. The van der Waals surface area contributed by atoms with E-state index >= 15 is 0 Å². The van der Waals surface area contributed by atoms with Crippen LogP contribution >= 0.6 is 0 Å². The molecule has 2 aromatic heterocycles. The number of fused-ring (bicyclic) bond motifs is 1. The second kappa shape index (κ2) is 3.84. The summed E-state index contributed by atoms with van der Waals surface area (Å²) in [7, 11) is 0. The minimum Gasteiger partial charge on any atom is -0.383 e. The molecule has 0 unspecified atom stereocenters. The summed E-state index contributed by atoms with van der Waals surface area (Å²) >= 11 is 0. The second-order valence-electron chi connectivity index (χ2n) is 4.49. The van der Waals surface area contributed by atoms with Gasteiger partial charge in [0.25, 0.3) is 0 Å². The van der Waals surface area contributed by atoms with Crippen molar-refractivity contribution in [3.05, 3.63) is 47.9 Å². The summed E-state index contributed by atoms with van der Waals surface area (Å²) in [6.07, 6.45) is 5.41. The fourth-order valence-corrected chi connectivity index (χ4v) is 1.96. The molecule has 4 nitrogen and oxygen atoms in total. The summed E-state index contributed by atoms with van der Waals surface area (Å²) in [5.41, 5.74) is 10.6. The number of imidazole rings is 1. The van der Waals surface area contributed by atoms with Crippen LogP contribution in [0.4, 0.5) is 5.82 Å². The molecule has 3 rings (SSSR count). The van der Waals surface area contributed by atoms with Crippen molar-refractivity contribution in [3.8, 4) is 11.1 Å². The van der Waals surface area contributed by atoms with E-state index in [1.54, 1.807) is 10.6 Å². The average molecular weight is 238 g/mol. The summed E-state index contributed by atoms with van der Waals surface area (Å²) in [6, 6.07) is 6.37. The molecule has 90 valence electrons. The lowest BCUT2D eigenvalue weighted by molar-refractivity contribution is 1.12. The maximum absolute atomic E-state index is 5.84. The Labute approximate surface area is 105 Å². The van der Waals surface area contributed by atoms with Gasteiger partial charge >= 0.3 is 0 Å². The fourth-order valence-electron chi connectivity index (χ4n) is 1.96. The number of hydrogen-bond acceptors (Lipinski definition) is 3. The van der Waals surface area contributed by atoms with Crippen molar-refractivity contribution in [1.82, 2.24) is 14.4 Å². The number of aryl methyl sites for hydroxylation is 2. The van der Waals surface area contributed by atoms with Crippen molar-refractivity contribution < 1.29 is 0 Å². The molecule has 0 fully saturated rings. The number of anilines is 1. The highest BCUT2D eigenvalue weighted by Crippen LogP contribution is 2.22. The van der Waals surface area contributed by atoms with Crippen molar-refractivity contribution >= 4 is 11.6 Å². The van der Waals surface area contributed by atoms with Gasteiger partial charge in [-0.1, -0.05) is 18.2 Å². The number of nitrogens with zero attached hydrogens (tertiary/aromatic N) is 3. The van der Waals surface area contributed by atoms with Crippen LogP contribution in [0.3, 0.4) is 0 Å². The molecule has 0 aliphatic carbocycles. The molecule has 1 aromatic carbocycles. The molecular weight excluding hydrogens is 224 g/mol. The molecule has 0 amide bonds. The Morgan fingerprint density at radius 3 is 2.56 bits per heavy atom. The van der Waals surface area contributed by atoms with E-state index in [0.29, 0.717) is 11.6 Å². The van der Waals surface area contributed by atoms with Crippen molar-refractivity contribution in [2.45, 2.75) is 13.8 Å². The molecule has 0 saturated carbocycles. The zero-order valence-corrected chi connectivity index (χ0v) is 10.4. The Morgan fingerprint density at radius 1 is 1.00 bits per heavy atom. The lowest BCUT2D eigenvalue weighted by Crippen LogP contribution is -1.95. The predicted octanol–water partition coefficient (Wildman–Crippen LogP) is 2.60. The van der Waals surface area contributed by atoms with Crippen molar-refractivity contribution in [2.24, 2.45) is 0 Å². The van der Waals surface area contributed by atoms with Gasteiger partial charge in [0.05, 0.1) is 6.20 Å². The molecule has 2 N–H and O–H groups in total. The first-order valence-corrected chi connectivity index (χ1v) is 5.81. The smallest absolute Gasteiger partial charge is 0.235 e. The topological polar surface area (TPSA) is 56.2 Å². The summed E-state index contributed by atoms with van der Waals surface area (Å²) in [4.78, 5) is 8.41. The van der Waals surface area contributed by atoms with Crippen LogP contribution in [0, 0.1) is 13.8 Å². The van der Waals surface area contributed by atoms with Crippen molar-refractivity contribution in [3.63, 3.8) is 0 Å². The van der Waals surface area contributed by atoms with Gasteiger partial charge < -0.3 is 5.73 Å². The first-order chi connectivity index (χ1) is 8.65. The molecule has 3 aromatic rings. The van der Waals surface area contributed by atoms with Crippen molar-refractivity contribution in [2.75, 3.05) is 5.73 Å². The Kier molecular flexibility index (Phi) is 2.30. The zero-order valence-electron chi connectivity index (χ0n) is 10.4. The van der Waals surface area contributed by atoms with Crippen LogP contribution in [0.5, 0.6) is 0 Å². The number of hydrogen-bond donors (Lipinski definition) is 1. The minimum atomic E-state index is 0.600. The van der Waals surface area contributed by atoms with Crippen LogP contribution in [0.25, 0.3) is 16.9 Å². The van der Waals surface area contributed by atoms with Gasteiger partial charge in [0.2, 0.25) is 5.78 Å². The SMILES string of the molecule is Cc1ccc(-c2cnc3ncc(N)n3c2)cc1C. The molecule has 0 bridgehead atoms. The Bertz CT molecular complexity index is 728. The molecule has 0 atom stereocenters. The predicted molar refractivity (Wildman–Crippen MR) is 72.3 cm³/mol. The number of nitrogen functional groups attached to an aromatic ring is 1. The average Bonchev–Trinajstić information content (AvgIpc) is 2.74. The van der Waals surface area contributed by atoms with Crippen LogP contribution in [0.15, 0.2) is 36.8 Å². The highest BCUT2D eigenvalue weighted by atomic mass is 15.1. The molecule has 0 aliphatic heterocycles. The van der Waals surface area contributed by atoms with Gasteiger partial charge in [-0.15, -0.1) is 0 Å². The van der Waals surface area contributed by atoms with Gasteiger partial charge in [0.1, 0.15) is 5.82 Å². The molecule has 0 aliphatic rings. The summed E-state index contributed by atoms with van der Waals surface area (Å²) in [6.45, 7) is 4.21. The summed E-state index contributed by atoms with van der Waals surface area (Å²) < 4.78 is 1.80. The fraction of sp³-hybridized carbons (Fsp3) is 0.143. The first kappa shape index (κ1) is 10.8. The largest absolute Gasteiger partial charge is 0.383 e. The molecule has 2 heterocycles. The van der Waals surface area contributed by atoms with E-state index in [4.69, 9.17) is 5.73 Å². The third-order valence-electron chi connectivity index (χ3n) is 3.23. The quantitative estimate of drug-likeness (QED) is 0.709. The summed E-state index contributed by atoms with van der Waals surface area (Å²) in [5.74, 6) is 1.23. The Balaban J connectivity index is 2.18. The van der Waals surface area contributed by atoms with Crippen LogP contribution in [-0.2, 0) is 0 Å². The monoisotopic (exact) mass is 238 g/mol. The highest BCUT2D eigenvalue weighted by Gasteiger charge is 2.05. The Hall–Kier alpha value is -2.36. The Morgan fingerprint density at radius 2 is 1.78 bits per heavy atom. The summed E-state index contributed by atoms with van der Waals surface area (Å²) in [5, 5.41) is 0. The third kappa shape index (κ3) is 1.62. The first-order valence-electron chi connectivity index (χ1n) is 5.81. The molecule has 18 heavy (non-hydrogen) atoms. The number of rotatable bonds is 1. The van der Waals surface area contributed by atoms with Gasteiger partial charge in [0.15, 0.2) is 0 Å². The van der Waals surface area contributed by atoms with Gasteiger partial charge in [-0.25, -0.2) is 9.97 Å². The maximum atomic E-state index is 5.84. The van der Waals surface area contributed by atoms with E-state index in [-0.39, 0.29) is 0 Å². The second-order valence-corrected chi connectivity index (χ2v) is 4.49. The lowest BCUT2D eigenvalue weighted by Gasteiger charge is -2.06. The molecule has 0 radical (unpaired) electrons.